The Kier molecular flexibility index (Phi) is 3.85. The van der Waals surface area contributed by atoms with Crippen molar-refractivity contribution in [1.29, 1.82) is 0 Å². The Morgan fingerprint density at radius 3 is 2.88 bits per heavy atom. The van der Waals surface area contributed by atoms with Gasteiger partial charge in [-0.3, -0.25) is 10.1 Å². The van der Waals surface area contributed by atoms with Crippen LogP contribution in [0.2, 0.25) is 0 Å². The highest BCUT2D eigenvalue weighted by atomic mass is 32.2. The smallest absolute Gasteiger partial charge is 0.238 e. The molecule has 1 aromatic carbocycles. The summed E-state index contributed by atoms with van der Waals surface area (Å²) in [5.74, 6) is 1.84. The van der Waals surface area contributed by atoms with Crippen LogP contribution in [0.3, 0.4) is 0 Å². The summed E-state index contributed by atoms with van der Waals surface area (Å²) in [7, 11) is 0. The molecule has 1 fully saturated rings. The van der Waals surface area contributed by atoms with E-state index >= 15 is 0 Å². The van der Waals surface area contributed by atoms with Crippen molar-refractivity contribution >= 4 is 17.7 Å². The normalized spacial score (nSPS) is 21.7. The number of amides is 1. The second-order valence-corrected chi connectivity index (χ2v) is 4.94. The molecule has 1 aliphatic rings. The van der Waals surface area contributed by atoms with Crippen molar-refractivity contribution in [3.05, 3.63) is 35.9 Å². The Hall–Kier alpha value is -1.00. The number of carbonyl (C=O) groups excluding carboxylic acids is 1. The van der Waals surface area contributed by atoms with Crippen LogP contribution < -0.4 is 10.6 Å². The first-order chi connectivity index (χ1) is 7.77. The molecule has 0 bridgehead atoms. The zero-order chi connectivity index (χ0) is 11.4. The molecule has 1 aliphatic heterocycles. The topological polar surface area (TPSA) is 41.1 Å². The number of rotatable bonds is 3. The number of nitrogens with one attached hydrogen (secondary N) is 2. The predicted octanol–water partition coefficient (Wildman–Crippen LogP) is 1.53. The Labute approximate surface area is 100.0 Å². The molecular weight excluding hydrogens is 220 g/mol. The lowest BCUT2D eigenvalue weighted by molar-refractivity contribution is -0.123. The Bertz CT molecular complexity index is 349. The minimum atomic E-state index is -0.0313. The molecule has 86 valence electrons. The molecule has 0 aromatic heterocycles. The van der Waals surface area contributed by atoms with E-state index in [1.165, 1.54) is 0 Å². The van der Waals surface area contributed by atoms with Crippen LogP contribution in [0.5, 0.6) is 0 Å². The maximum Gasteiger partial charge on any atom is 0.238 e. The maximum atomic E-state index is 11.8. The van der Waals surface area contributed by atoms with Gasteiger partial charge in [0, 0.05) is 11.6 Å². The van der Waals surface area contributed by atoms with E-state index in [1.807, 2.05) is 37.3 Å². The third kappa shape index (κ3) is 2.77. The Morgan fingerprint density at radius 2 is 2.25 bits per heavy atom. The maximum absolute atomic E-state index is 11.8. The SMILES string of the molecule is C[C@@H](NC(=O)[C@H]1CSCN1)c1ccccc1. The van der Waals surface area contributed by atoms with Crippen molar-refractivity contribution in [2.75, 3.05) is 11.6 Å². The van der Waals surface area contributed by atoms with Crippen LogP contribution in [0.25, 0.3) is 0 Å². The lowest BCUT2D eigenvalue weighted by Crippen LogP contribution is -2.42. The first kappa shape index (κ1) is 11.5. The molecular formula is C12H16N2OS. The molecule has 4 heteroatoms. The van der Waals surface area contributed by atoms with Gasteiger partial charge in [-0.25, -0.2) is 0 Å². The molecule has 2 rings (SSSR count). The quantitative estimate of drug-likeness (QED) is 0.836. The van der Waals surface area contributed by atoms with E-state index in [-0.39, 0.29) is 18.0 Å². The summed E-state index contributed by atoms with van der Waals surface area (Å²) >= 11 is 1.76. The molecule has 2 N–H and O–H groups in total. The van der Waals surface area contributed by atoms with Crippen LogP contribution in [-0.4, -0.2) is 23.6 Å². The zero-order valence-electron chi connectivity index (χ0n) is 9.27. The number of hydrogen-bond acceptors (Lipinski definition) is 3. The van der Waals surface area contributed by atoms with Gasteiger partial charge in [0.2, 0.25) is 5.91 Å². The fraction of sp³-hybridized carbons (Fsp3) is 0.417. The summed E-state index contributed by atoms with van der Waals surface area (Å²) in [6.45, 7) is 2.01. The van der Waals surface area contributed by atoms with Crippen LogP contribution >= 0.6 is 11.8 Å². The minimum absolute atomic E-state index is 0.0313. The standard InChI is InChI=1S/C12H16N2OS/c1-9(10-5-3-2-4-6-10)14-12(15)11-7-16-8-13-11/h2-6,9,11,13H,7-8H2,1H3,(H,14,15)/t9-,11-/m1/s1. The number of carbonyl (C=O) groups is 1. The molecule has 1 amide bonds. The average molecular weight is 236 g/mol. The summed E-state index contributed by atoms with van der Waals surface area (Å²) in [6, 6.07) is 10.1. The number of thioether (sulfide) groups is 1. The summed E-state index contributed by atoms with van der Waals surface area (Å²) in [5.41, 5.74) is 1.14. The van der Waals surface area contributed by atoms with Gasteiger partial charge in [0.05, 0.1) is 12.1 Å². The van der Waals surface area contributed by atoms with Gasteiger partial charge in [-0.2, -0.15) is 0 Å². The van der Waals surface area contributed by atoms with E-state index in [9.17, 15) is 4.79 Å². The molecule has 3 nitrogen and oxygen atoms in total. The van der Waals surface area contributed by atoms with Gasteiger partial charge in [0.15, 0.2) is 0 Å². The summed E-state index contributed by atoms with van der Waals surface area (Å²) in [5, 5.41) is 6.19. The van der Waals surface area contributed by atoms with E-state index in [4.69, 9.17) is 0 Å². The van der Waals surface area contributed by atoms with E-state index in [1.54, 1.807) is 11.8 Å². The Morgan fingerprint density at radius 1 is 1.50 bits per heavy atom. The number of hydrogen-bond donors (Lipinski definition) is 2. The first-order valence-corrected chi connectivity index (χ1v) is 6.59. The van der Waals surface area contributed by atoms with Gasteiger partial charge in [0.1, 0.15) is 0 Å². The molecule has 0 aliphatic carbocycles. The molecule has 2 atom stereocenters. The summed E-state index contributed by atoms with van der Waals surface area (Å²) < 4.78 is 0. The van der Waals surface area contributed by atoms with Crippen molar-refractivity contribution in [2.45, 2.75) is 19.0 Å². The molecule has 1 aromatic rings. The van der Waals surface area contributed by atoms with Gasteiger partial charge in [0.25, 0.3) is 0 Å². The highest BCUT2D eigenvalue weighted by Crippen LogP contribution is 2.14. The molecule has 1 saturated heterocycles. The first-order valence-electron chi connectivity index (χ1n) is 5.44. The van der Waals surface area contributed by atoms with Gasteiger partial charge in [-0.1, -0.05) is 30.3 Å². The van der Waals surface area contributed by atoms with E-state index in [0.29, 0.717) is 0 Å². The van der Waals surface area contributed by atoms with E-state index in [0.717, 1.165) is 17.2 Å². The van der Waals surface area contributed by atoms with E-state index in [2.05, 4.69) is 10.6 Å². The molecule has 0 saturated carbocycles. The van der Waals surface area contributed by atoms with Crippen LogP contribution in [0.15, 0.2) is 30.3 Å². The van der Waals surface area contributed by atoms with Gasteiger partial charge in [-0.15, -0.1) is 11.8 Å². The zero-order valence-corrected chi connectivity index (χ0v) is 10.1. The van der Waals surface area contributed by atoms with Crippen LogP contribution in [0, 0.1) is 0 Å². The highest BCUT2D eigenvalue weighted by Gasteiger charge is 2.23. The van der Waals surface area contributed by atoms with Crippen LogP contribution in [0.4, 0.5) is 0 Å². The second-order valence-electron chi connectivity index (χ2n) is 3.91. The van der Waals surface area contributed by atoms with Crippen molar-refractivity contribution in [3.8, 4) is 0 Å². The monoisotopic (exact) mass is 236 g/mol. The van der Waals surface area contributed by atoms with E-state index < -0.39 is 0 Å². The third-order valence-corrected chi connectivity index (χ3v) is 3.63. The summed E-state index contributed by atoms with van der Waals surface area (Å²) in [6.07, 6.45) is 0. The van der Waals surface area contributed by atoms with Gasteiger partial charge >= 0.3 is 0 Å². The third-order valence-electron chi connectivity index (χ3n) is 2.69. The highest BCUT2D eigenvalue weighted by molar-refractivity contribution is 7.99. The fourth-order valence-corrected chi connectivity index (χ4v) is 2.64. The van der Waals surface area contributed by atoms with Crippen molar-refractivity contribution in [2.24, 2.45) is 0 Å². The van der Waals surface area contributed by atoms with Gasteiger partial charge < -0.3 is 5.32 Å². The largest absolute Gasteiger partial charge is 0.348 e. The molecule has 0 spiro atoms. The molecule has 0 radical (unpaired) electrons. The minimum Gasteiger partial charge on any atom is -0.348 e. The average Bonchev–Trinajstić information content (AvgIpc) is 2.83. The van der Waals surface area contributed by atoms with Crippen LogP contribution in [-0.2, 0) is 4.79 Å². The number of benzene rings is 1. The molecule has 1 heterocycles. The van der Waals surface area contributed by atoms with Crippen molar-refractivity contribution in [3.63, 3.8) is 0 Å². The lowest BCUT2D eigenvalue weighted by Gasteiger charge is -2.17. The second kappa shape index (κ2) is 5.37. The van der Waals surface area contributed by atoms with Crippen molar-refractivity contribution in [1.82, 2.24) is 10.6 Å². The summed E-state index contributed by atoms with van der Waals surface area (Å²) in [4.78, 5) is 11.8. The molecule has 16 heavy (non-hydrogen) atoms. The Balaban J connectivity index is 1.92. The van der Waals surface area contributed by atoms with Crippen LogP contribution in [0.1, 0.15) is 18.5 Å². The van der Waals surface area contributed by atoms with Gasteiger partial charge in [-0.05, 0) is 12.5 Å². The predicted molar refractivity (Wildman–Crippen MR) is 67.2 cm³/mol. The van der Waals surface area contributed by atoms with Crippen molar-refractivity contribution < 1.29 is 4.79 Å². The fourth-order valence-electron chi connectivity index (χ4n) is 1.70. The lowest BCUT2D eigenvalue weighted by atomic mass is 10.1. The molecule has 0 unspecified atom stereocenters.